The van der Waals surface area contributed by atoms with Gasteiger partial charge in [-0.2, -0.15) is 0 Å². The molecule has 2 aromatic rings. The van der Waals surface area contributed by atoms with Gasteiger partial charge in [0.05, 0.1) is 25.5 Å². The third-order valence-electron chi connectivity index (χ3n) is 3.21. The molecule has 22 heavy (non-hydrogen) atoms. The second-order valence-electron chi connectivity index (χ2n) is 4.44. The number of carbonyl (C=O) groups is 2. The van der Waals surface area contributed by atoms with Gasteiger partial charge in [-0.25, -0.2) is 0 Å². The fraction of sp³-hybridized carbons (Fsp3) is 0.125. The fourth-order valence-electron chi connectivity index (χ4n) is 2.07. The summed E-state index contributed by atoms with van der Waals surface area (Å²) in [6, 6.07) is 9.33. The van der Waals surface area contributed by atoms with Gasteiger partial charge in [-0.15, -0.1) is 0 Å². The zero-order chi connectivity index (χ0) is 16.3. The Morgan fingerprint density at radius 2 is 1.64 bits per heavy atom. The summed E-state index contributed by atoms with van der Waals surface area (Å²) in [4.78, 5) is 23.9. The average molecular weight is 320 g/mol. The Balaban J connectivity index is 2.49. The first-order valence-corrected chi connectivity index (χ1v) is 6.72. The summed E-state index contributed by atoms with van der Waals surface area (Å²) in [6.07, 6.45) is 0. The van der Waals surface area contributed by atoms with Gasteiger partial charge in [-0.05, 0) is 41.9 Å². The van der Waals surface area contributed by atoms with Gasteiger partial charge in [0, 0.05) is 11.1 Å². The van der Waals surface area contributed by atoms with E-state index in [1.54, 1.807) is 24.3 Å². The zero-order valence-corrected chi connectivity index (χ0v) is 12.8. The molecule has 0 unspecified atom stereocenters. The molecule has 0 aliphatic carbocycles. The van der Waals surface area contributed by atoms with Crippen LogP contribution >= 0.6 is 11.6 Å². The highest BCUT2D eigenvalue weighted by Crippen LogP contribution is 2.30. The molecule has 0 atom stereocenters. The summed E-state index contributed by atoms with van der Waals surface area (Å²) in [5.41, 5.74) is 6.60. The summed E-state index contributed by atoms with van der Waals surface area (Å²) in [5.74, 6) is 0.603. The van der Waals surface area contributed by atoms with Crippen molar-refractivity contribution in [3.8, 4) is 11.5 Å². The summed E-state index contributed by atoms with van der Waals surface area (Å²) < 4.78 is 10.3. The number of hydrogen-bond acceptors (Lipinski definition) is 5. The molecule has 6 heteroatoms. The van der Waals surface area contributed by atoms with E-state index in [1.807, 2.05) is 0 Å². The van der Waals surface area contributed by atoms with E-state index in [1.165, 1.54) is 26.4 Å². The molecule has 0 amide bonds. The molecule has 0 bridgehead atoms. The van der Waals surface area contributed by atoms with Crippen molar-refractivity contribution in [3.05, 3.63) is 53.1 Å². The first-order chi connectivity index (χ1) is 10.5. The minimum atomic E-state index is -0.709. The van der Waals surface area contributed by atoms with Crippen LogP contribution in [0.4, 0.5) is 5.69 Å². The van der Waals surface area contributed by atoms with Crippen molar-refractivity contribution in [1.29, 1.82) is 0 Å². The van der Waals surface area contributed by atoms with Crippen molar-refractivity contribution in [2.24, 2.45) is 0 Å². The average Bonchev–Trinajstić information content (AvgIpc) is 2.53. The Morgan fingerprint density at radius 1 is 1.00 bits per heavy atom. The van der Waals surface area contributed by atoms with Crippen molar-refractivity contribution in [2.45, 2.75) is 0 Å². The zero-order valence-electron chi connectivity index (χ0n) is 12.1. The van der Waals surface area contributed by atoms with Gasteiger partial charge in [0.1, 0.15) is 0 Å². The van der Waals surface area contributed by atoms with Crippen LogP contribution in [0.1, 0.15) is 26.3 Å². The molecular formula is C16H14ClNO4. The molecule has 0 aliphatic rings. The molecule has 2 aromatic carbocycles. The number of carbonyl (C=O) groups excluding carboxylic acids is 2. The molecule has 0 aliphatic heterocycles. The van der Waals surface area contributed by atoms with E-state index in [9.17, 15) is 9.59 Å². The molecule has 0 radical (unpaired) electrons. The Labute approximate surface area is 132 Å². The van der Waals surface area contributed by atoms with E-state index in [4.69, 9.17) is 26.8 Å². The molecule has 0 saturated carbocycles. The Hall–Kier alpha value is -2.53. The highest BCUT2D eigenvalue weighted by molar-refractivity contribution is 6.68. The topological polar surface area (TPSA) is 78.6 Å². The standard InChI is InChI=1S/C16H14ClNO4/c1-21-12-7-6-9(8-13(12)22-2)15(19)10-4-3-5-11(14(10)18)16(17)20/h3-8H,18H2,1-2H3. The Morgan fingerprint density at radius 3 is 2.23 bits per heavy atom. The molecule has 0 spiro atoms. The molecule has 2 N–H and O–H groups in total. The lowest BCUT2D eigenvalue weighted by molar-refractivity contribution is 0.103. The van der Waals surface area contributed by atoms with E-state index >= 15 is 0 Å². The lowest BCUT2D eigenvalue weighted by atomic mass is 9.99. The summed E-state index contributed by atoms with van der Waals surface area (Å²) >= 11 is 5.45. The SMILES string of the molecule is COc1ccc(C(=O)c2cccc(C(=O)Cl)c2N)cc1OC. The third kappa shape index (κ3) is 2.89. The number of rotatable bonds is 5. The van der Waals surface area contributed by atoms with Crippen molar-refractivity contribution >= 4 is 28.3 Å². The molecule has 114 valence electrons. The largest absolute Gasteiger partial charge is 0.493 e. The quantitative estimate of drug-likeness (QED) is 0.521. The Kier molecular flexibility index (Phi) is 4.68. The van der Waals surface area contributed by atoms with Crippen molar-refractivity contribution in [2.75, 3.05) is 20.0 Å². The van der Waals surface area contributed by atoms with Crippen LogP contribution in [0.25, 0.3) is 0 Å². The van der Waals surface area contributed by atoms with Gasteiger partial charge in [0.25, 0.3) is 5.24 Å². The van der Waals surface area contributed by atoms with Crippen molar-refractivity contribution in [3.63, 3.8) is 0 Å². The van der Waals surface area contributed by atoms with Crippen LogP contribution in [0, 0.1) is 0 Å². The third-order valence-corrected chi connectivity index (χ3v) is 3.41. The second-order valence-corrected chi connectivity index (χ2v) is 4.78. The predicted molar refractivity (Wildman–Crippen MR) is 84.0 cm³/mol. The number of nitrogens with two attached hydrogens (primary N) is 1. The van der Waals surface area contributed by atoms with Crippen LogP contribution in [-0.4, -0.2) is 25.2 Å². The van der Waals surface area contributed by atoms with Gasteiger partial charge in [0.2, 0.25) is 0 Å². The lowest BCUT2D eigenvalue weighted by Crippen LogP contribution is -2.09. The maximum Gasteiger partial charge on any atom is 0.254 e. The van der Waals surface area contributed by atoms with E-state index < -0.39 is 5.24 Å². The summed E-state index contributed by atoms with van der Waals surface area (Å²) in [7, 11) is 2.99. The van der Waals surface area contributed by atoms with Crippen molar-refractivity contribution in [1.82, 2.24) is 0 Å². The maximum atomic E-state index is 12.6. The smallest absolute Gasteiger partial charge is 0.254 e. The summed E-state index contributed by atoms with van der Waals surface area (Å²) in [5, 5.41) is -0.709. The Bertz CT molecular complexity index is 743. The monoisotopic (exact) mass is 319 g/mol. The van der Waals surface area contributed by atoms with Gasteiger partial charge < -0.3 is 15.2 Å². The van der Waals surface area contributed by atoms with Crippen LogP contribution in [-0.2, 0) is 0 Å². The number of ether oxygens (including phenoxy) is 2. The second kappa shape index (κ2) is 6.49. The first-order valence-electron chi connectivity index (χ1n) is 6.34. The van der Waals surface area contributed by atoms with E-state index in [2.05, 4.69) is 0 Å². The highest BCUT2D eigenvalue weighted by Gasteiger charge is 2.18. The van der Waals surface area contributed by atoms with Crippen LogP contribution in [0.15, 0.2) is 36.4 Å². The number of ketones is 1. The van der Waals surface area contributed by atoms with Crippen LogP contribution in [0.3, 0.4) is 0 Å². The molecule has 0 aromatic heterocycles. The van der Waals surface area contributed by atoms with E-state index in [0.29, 0.717) is 17.1 Å². The number of hydrogen-bond donors (Lipinski definition) is 1. The maximum absolute atomic E-state index is 12.6. The first kappa shape index (κ1) is 15.9. The molecule has 5 nitrogen and oxygen atoms in total. The molecular weight excluding hydrogens is 306 g/mol. The van der Waals surface area contributed by atoms with Gasteiger partial charge >= 0.3 is 0 Å². The van der Waals surface area contributed by atoms with Gasteiger partial charge in [0.15, 0.2) is 17.3 Å². The number of para-hydroxylation sites is 1. The predicted octanol–water partition coefficient (Wildman–Crippen LogP) is 2.90. The number of benzene rings is 2. The molecule has 0 heterocycles. The highest BCUT2D eigenvalue weighted by atomic mass is 35.5. The van der Waals surface area contributed by atoms with Crippen molar-refractivity contribution < 1.29 is 19.1 Å². The number of nitrogen functional groups attached to an aromatic ring is 1. The van der Waals surface area contributed by atoms with E-state index in [-0.39, 0.29) is 22.6 Å². The molecule has 2 rings (SSSR count). The molecule has 0 saturated heterocycles. The number of halogens is 1. The van der Waals surface area contributed by atoms with Crippen LogP contribution in [0.2, 0.25) is 0 Å². The molecule has 0 fully saturated rings. The number of anilines is 1. The van der Waals surface area contributed by atoms with Crippen LogP contribution in [0.5, 0.6) is 11.5 Å². The number of methoxy groups -OCH3 is 2. The normalized spacial score (nSPS) is 10.1. The van der Waals surface area contributed by atoms with E-state index in [0.717, 1.165) is 0 Å². The van der Waals surface area contributed by atoms with Gasteiger partial charge in [-0.1, -0.05) is 6.07 Å². The lowest BCUT2D eigenvalue weighted by Gasteiger charge is -2.11. The minimum Gasteiger partial charge on any atom is -0.493 e. The van der Waals surface area contributed by atoms with Crippen LogP contribution < -0.4 is 15.2 Å². The van der Waals surface area contributed by atoms with Gasteiger partial charge in [-0.3, -0.25) is 9.59 Å². The summed E-state index contributed by atoms with van der Waals surface area (Å²) in [6.45, 7) is 0. The minimum absolute atomic E-state index is 0.0577. The fourth-order valence-corrected chi connectivity index (χ4v) is 2.23.